The van der Waals surface area contributed by atoms with Gasteiger partial charge in [-0.2, -0.15) is 5.10 Å². The van der Waals surface area contributed by atoms with Gasteiger partial charge in [0, 0.05) is 24.3 Å². The van der Waals surface area contributed by atoms with Crippen LogP contribution in [0, 0.1) is 6.92 Å². The van der Waals surface area contributed by atoms with E-state index in [4.69, 9.17) is 0 Å². The summed E-state index contributed by atoms with van der Waals surface area (Å²) in [5, 5.41) is 10.7. The molecule has 0 aliphatic carbocycles. The second-order valence-electron chi connectivity index (χ2n) is 4.66. The Morgan fingerprint density at radius 1 is 1.25 bits per heavy atom. The van der Waals surface area contributed by atoms with Crippen LogP contribution in [0.3, 0.4) is 0 Å². The number of aromatic nitrogens is 3. The van der Waals surface area contributed by atoms with E-state index < -0.39 is 0 Å². The maximum Gasteiger partial charge on any atom is 0.272 e. The minimum Gasteiger partial charge on any atom is -0.347 e. The van der Waals surface area contributed by atoms with Gasteiger partial charge >= 0.3 is 0 Å². The maximum atomic E-state index is 12.2. The Morgan fingerprint density at radius 2 is 2.05 bits per heavy atom. The highest BCUT2D eigenvalue weighted by Gasteiger charge is 2.13. The molecule has 0 saturated carbocycles. The first-order valence-corrected chi connectivity index (χ1v) is 6.36. The minimum atomic E-state index is -0.182. The molecular formula is C15H14N4O. The number of carbonyl (C=O) groups is 1. The van der Waals surface area contributed by atoms with Crippen LogP contribution in [0.2, 0.25) is 0 Å². The van der Waals surface area contributed by atoms with E-state index in [1.165, 1.54) is 0 Å². The van der Waals surface area contributed by atoms with E-state index in [-0.39, 0.29) is 5.91 Å². The van der Waals surface area contributed by atoms with Gasteiger partial charge in [-0.1, -0.05) is 11.6 Å². The topological polar surface area (TPSA) is 70.7 Å². The van der Waals surface area contributed by atoms with Crippen molar-refractivity contribution in [2.45, 2.75) is 13.5 Å². The molecule has 0 radical (unpaired) electrons. The van der Waals surface area contributed by atoms with E-state index in [0.717, 1.165) is 22.0 Å². The summed E-state index contributed by atoms with van der Waals surface area (Å²) in [7, 11) is 0. The van der Waals surface area contributed by atoms with Crippen LogP contribution in [0.4, 0.5) is 0 Å². The van der Waals surface area contributed by atoms with Gasteiger partial charge < -0.3 is 5.32 Å². The van der Waals surface area contributed by atoms with Crippen LogP contribution >= 0.6 is 0 Å². The molecule has 0 bridgehead atoms. The van der Waals surface area contributed by atoms with Crippen molar-refractivity contribution >= 4 is 16.8 Å². The highest BCUT2D eigenvalue weighted by molar-refractivity contribution is 6.04. The predicted molar refractivity (Wildman–Crippen MR) is 76.2 cm³/mol. The Balaban J connectivity index is 1.80. The van der Waals surface area contributed by atoms with E-state index in [2.05, 4.69) is 20.5 Å². The Morgan fingerprint density at radius 3 is 2.85 bits per heavy atom. The molecule has 0 fully saturated rings. The first-order chi connectivity index (χ1) is 9.74. The summed E-state index contributed by atoms with van der Waals surface area (Å²) in [6.07, 6.45) is 3.41. The first-order valence-electron chi connectivity index (χ1n) is 6.36. The Labute approximate surface area is 116 Å². The summed E-state index contributed by atoms with van der Waals surface area (Å²) in [4.78, 5) is 16.1. The lowest BCUT2D eigenvalue weighted by Gasteiger charge is -2.03. The zero-order valence-electron chi connectivity index (χ0n) is 11.1. The van der Waals surface area contributed by atoms with Crippen molar-refractivity contribution in [3.63, 3.8) is 0 Å². The number of fused-ring (bicyclic) bond motifs is 1. The molecule has 3 rings (SSSR count). The fraction of sp³-hybridized carbons (Fsp3) is 0.133. The molecule has 0 spiro atoms. The monoisotopic (exact) mass is 266 g/mol. The van der Waals surface area contributed by atoms with Crippen molar-refractivity contribution in [2.24, 2.45) is 0 Å². The molecule has 1 aromatic carbocycles. The highest BCUT2D eigenvalue weighted by atomic mass is 16.1. The second-order valence-corrected chi connectivity index (χ2v) is 4.66. The van der Waals surface area contributed by atoms with Gasteiger partial charge in [-0.25, -0.2) is 0 Å². The quantitative estimate of drug-likeness (QED) is 0.763. The van der Waals surface area contributed by atoms with Crippen molar-refractivity contribution in [1.29, 1.82) is 0 Å². The van der Waals surface area contributed by atoms with Crippen LogP contribution in [-0.2, 0) is 6.54 Å². The number of aryl methyl sites for hydroxylation is 1. The van der Waals surface area contributed by atoms with Crippen molar-refractivity contribution in [1.82, 2.24) is 20.5 Å². The van der Waals surface area contributed by atoms with Gasteiger partial charge in [0.05, 0.1) is 5.52 Å². The lowest BCUT2D eigenvalue weighted by Crippen LogP contribution is -2.23. The molecule has 3 aromatic rings. The van der Waals surface area contributed by atoms with Crippen LogP contribution in [-0.4, -0.2) is 21.1 Å². The van der Waals surface area contributed by atoms with Crippen molar-refractivity contribution in [2.75, 3.05) is 0 Å². The normalized spacial score (nSPS) is 10.7. The number of H-pyrrole nitrogens is 1. The van der Waals surface area contributed by atoms with Crippen LogP contribution in [0.1, 0.15) is 21.6 Å². The van der Waals surface area contributed by atoms with Crippen LogP contribution in [0.5, 0.6) is 0 Å². The number of aromatic amines is 1. The summed E-state index contributed by atoms with van der Waals surface area (Å²) in [6.45, 7) is 2.45. The molecule has 0 unspecified atom stereocenters. The van der Waals surface area contributed by atoms with Gasteiger partial charge in [-0.3, -0.25) is 14.9 Å². The number of pyridine rings is 1. The number of hydrogen-bond acceptors (Lipinski definition) is 3. The maximum absolute atomic E-state index is 12.2. The van der Waals surface area contributed by atoms with Crippen LogP contribution in [0.15, 0.2) is 42.7 Å². The molecule has 100 valence electrons. The van der Waals surface area contributed by atoms with Gasteiger partial charge in [-0.15, -0.1) is 0 Å². The smallest absolute Gasteiger partial charge is 0.272 e. The third kappa shape index (κ3) is 2.38. The van der Waals surface area contributed by atoms with Gasteiger partial charge in [0.1, 0.15) is 0 Å². The number of benzene rings is 1. The molecule has 0 atom stereocenters. The highest BCUT2D eigenvalue weighted by Crippen LogP contribution is 2.17. The molecule has 20 heavy (non-hydrogen) atoms. The van der Waals surface area contributed by atoms with Crippen molar-refractivity contribution in [3.05, 3.63) is 59.5 Å². The Kier molecular flexibility index (Phi) is 3.16. The lowest BCUT2D eigenvalue weighted by molar-refractivity contribution is 0.0947. The number of nitrogens with zero attached hydrogens (tertiary/aromatic N) is 2. The predicted octanol–water partition coefficient (Wildman–Crippen LogP) is 2.20. The molecule has 0 aliphatic rings. The molecule has 0 aliphatic heterocycles. The van der Waals surface area contributed by atoms with Gasteiger partial charge in [-0.05, 0) is 36.8 Å². The molecule has 0 saturated heterocycles. The summed E-state index contributed by atoms with van der Waals surface area (Å²) < 4.78 is 0. The van der Waals surface area contributed by atoms with E-state index in [9.17, 15) is 4.79 Å². The molecule has 5 nitrogen and oxygen atoms in total. The van der Waals surface area contributed by atoms with E-state index in [1.807, 2.05) is 37.3 Å². The zero-order valence-corrected chi connectivity index (χ0v) is 11.1. The summed E-state index contributed by atoms with van der Waals surface area (Å²) >= 11 is 0. The number of amides is 1. The van der Waals surface area contributed by atoms with Gasteiger partial charge in [0.15, 0.2) is 5.69 Å². The third-order valence-corrected chi connectivity index (χ3v) is 3.14. The van der Waals surface area contributed by atoms with E-state index in [0.29, 0.717) is 12.2 Å². The number of carbonyl (C=O) groups excluding carboxylic acids is 1. The Bertz CT molecular complexity index is 749. The van der Waals surface area contributed by atoms with Crippen molar-refractivity contribution < 1.29 is 4.79 Å². The number of nitrogens with one attached hydrogen (secondary N) is 2. The fourth-order valence-electron chi connectivity index (χ4n) is 2.07. The number of hydrogen-bond donors (Lipinski definition) is 2. The lowest BCUT2D eigenvalue weighted by atomic mass is 10.1. The average Bonchev–Trinajstić information content (AvgIpc) is 2.89. The summed E-state index contributed by atoms with van der Waals surface area (Å²) in [5.41, 5.74) is 3.40. The van der Waals surface area contributed by atoms with Crippen LogP contribution in [0.25, 0.3) is 10.9 Å². The molecule has 2 N–H and O–H groups in total. The SMILES string of the molecule is Cc1ccc2[nH]nc(C(=O)NCc3ccncc3)c2c1. The van der Waals surface area contributed by atoms with E-state index in [1.54, 1.807) is 12.4 Å². The summed E-state index contributed by atoms with van der Waals surface area (Å²) in [6, 6.07) is 9.61. The van der Waals surface area contributed by atoms with Gasteiger partial charge in [0.2, 0.25) is 0 Å². The molecule has 2 heterocycles. The zero-order chi connectivity index (χ0) is 13.9. The third-order valence-electron chi connectivity index (χ3n) is 3.14. The molecule has 5 heteroatoms. The standard InChI is InChI=1S/C15H14N4O/c1-10-2-3-13-12(8-10)14(19-18-13)15(20)17-9-11-4-6-16-7-5-11/h2-8H,9H2,1H3,(H,17,20)(H,18,19). The first kappa shape index (κ1) is 12.3. The Hall–Kier alpha value is -2.69. The number of rotatable bonds is 3. The molecular weight excluding hydrogens is 252 g/mol. The molecule has 1 amide bonds. The van der Waals surface area contributed by atoms with Crippen LogP contribution < -0.4 is 5.32 Å². The minimum absolute atomic E-state index is 0.182. The van der Waals surface area contributed by atoms with Crippen molar-refractivity contribution in [3.8, 4) is 0 Å². The van der Waals surface area contributed by atoms with Gasteiger partial charge in [0.25, 0.3) is 5.91 Å². The summed E-state index contributed by atoms with van der Waals surface area (Å²) in [5.74, 6) is -0.182. The average molecular weight is 266 g/mol. The second kappa shape index (κ2) is 5.13. The fourth-order valence-corrected chi connectivity index (χ4v) is 2.07. The van der Waals surface area contributed by atoms with E-state index >= 15 is 0 Å². The molecule has 2 aromatic heterocycles. The largest absolute Gasteiger partial charge is 0.347 e.